The number of nitrogens with zero attached hydrogens (tertiary/aromatic N) is 1. The topological polar surface area (TPSA) is 77.8 Å². The average molecular weight is 229 g/mol. The molecule has 5 heteroatoms. The molecule has 0 aromatic heterocycles. The third-order valence-electron chi connectivity index (χ3n) is 3.19. The van der Waals surface area contributed by atoms with E-state index >= 15 is 0 Å². The summed E-state index contributed by atoms with van der Waals surface area (Å²) in [7, 11) is 0. The molecule has 16 heavy (non-hydrogen) atoms. The van der Waals surface area contributed by atoms with Gasteiger partial charge in [-0.05, 0) is 26.2 Å². The van der Waals surface area contributed by atoms with Crippen LogP contribution in [0.15, 0.2) is 0 Å². The molecule has 2 unspecified atom stereocenters. The number of amides is 1. The number of aliphatic carboxylic acids is 1. The number of aliphatic hydroxyl groups excluding tert-OH is 1. The molecule has 0 spiro atoms. The van der Waals surface area contributed by atoms with Crippen LogP contribution >= 0.6 is 0 Å². The van der Waals surface area contributed by atoms with E-state index in [2.05, 4.69) is 0 Å². The zero-order chi connectivity index (χ0) is 12.1. The van der Waals surface area contributed by atoms with Crippen molar-refractivity contribution >= 4 is 11.9 Å². The van der Waals surface area contributed by atoms with Crippen molar-refractivity contribution in [1.29, 1.82) is 0 Å². The maximum atomic E-state index is 12.0. The number of carbonyl (C=O) groups excluding carboxylic acids is 1. The molecule has 2 N–H and O–H groups in total. The molecule has 1 amide bonds. The van der Waals surface area contributed by atoms with E-state index in [0.717, 1.165) is 0 Å². The van der Waals surface area contributed by atoms with Crippen LogP contribution in [0.2, 0.25) is 0 Å². The first-order valence-electron chi connectivity index (χ1n) is 5.72. The lowest BCUT2D eigenvalue weighted by Gasteiger charge is -2.23. The monoisotopic (exact) mass is 229 g/mol. The Hall–Kier alpha value is -1.10. The van der Waals surface area contributed by atoms with Crippen LogP contribution in [0, 0.1) is 11.8 Å². The number of hydrogen-bond acceptors (Lipinski definition) is 3. The Morgan fingerprint density at radius 3 is 2.38 bits per heavy atom. The maximum absolute atomic E-state index is 12.0. The normalized spacial score (nSPS) is 24.4. The molecule has 0 aromatic rings. The van der Waals surface area contributed by atoms with E-state index in [-0.39, 0.29) is 24.3 Å². The molecule has 0 radical (unpaired) electrons. The van der Waals surface area contributed by atoms with Gasteiger partial charge in [0.1, 0.15) is 0 Å². The van der Waals surface area contributed by atoms with Crippen molar-refractivity contribution in [3.63, 3.8) is 0 Å². The van der Waals surface area contributed by atoms with E-state index in [9.17, 15) is 9.59 Å². The fourth-order valence-electron chi connectivity index (χ4n) is 2.23. The Morgan fingerprint density at radius 1 is 1.31 bits per heavy atom. The molecule has 92 valence electrons. The van der Waals surface area contributed by atoms with Crippen LogP contribution in [0.25, 0.3) is 0 Å². The lowest BCUT2D eigenvalue weighted by Crippen LogP contribution is -2.37. The van der Waals surface area contributed by atoms with Crippen molar-refractivity contribution in [3.05, 3.63) is 0 Å². The SMILES string of the molecule is CCN(CCO)C(=O)C1CCC(C(=O)O)C1. The average Bonchev–Trinajstić information content (AvgIpc) is 2.74. The van der Waals surface area contributed by atoms with Crippen LogP contribution < -0.4 is 0 Å². The highest BCUT2D eigenvalue weighted by atomic mass is 16.4. The predicted octanol–water partition coefficient (Wildman–Crippen LogP) is 0.328. The van der Waals surface area contributed by atoms with E-state index in [1.54, 1.807) is 4.90 Å². The van der Waals surface area contributed by atoms with E-state index in [0.29, 0.717) is 32.4 Å². The smallest absolute Gasteiger partial charge is 0.306 e. The summed E-state index contributed by atoms with van der Waals surface area (Å²) in [6.07, 6.45) is 1.68. The minimum Gasteiger partial charge on any atom is -0.481 e. The lowest BCUT2D eigenvalue weighted by molar-refractivity contribution is -0.141. The molecule has 1 rings (SSSR count). The zero-order valence-electron chi connectivity index (χ0n) is 9.56. The van der Waals surface area contributed by atoms with Gasteiger partial charge in [-0.3, -0.25) is 9.59 Å². The van der Waals surface area contributed by atoms with Crippen molar-refractivity contribution in [3.8, 4) is 0 Å². The van der Waals surface area contributed by atoms with Gasteiger partial charge < -0.3 is 15.1 Å². The molecular weight excluding hydrogens is 210 g/mol. The Morgan fingerprint density at radius 2 is 1.94 bits per heavy atom. The molecule has 0 aliphatic heterocycles. The second-order valence-corrected chi connectivity index (χ2v) is 4.19. The third-order valence-corrected chi connectivity index (χ3v) is 3.19. The standard InChI is InChI=1S/C11H19NO4/c1-2-12(5-6-13)10(14)8-3-4-9(7-8)11(15)16/h8-9,13H,2-7H2,1H3,(H,15,16). The van der Waals surface area contributed by atoms with Crippen molar-refractivity contribution in [2.24, 2.45) is 11.8 Å². The van der Waals surface area contributed by atoms with Crippen LogP contribution in [0.1, 0.15) is 26.2 Å². The second kappa shape index (κ2) is 5.84. The van der Waals surface area contributed by atoms with Gasteiger partial charge in [0.25, 0.3) is 0 Å². The van der Waals surface area contributed by atoms with Crippen LogP contribution in [0.3, 0.4) is 0 Å². The third kappa shape index (κ3) is 2.95. The van der Waals surface area contributed by atoms with Gasteiger partial charge in [-0.15, -0.1) is 0 Å². The van der Waals surface area contributed by atoms with Crippen molar-refractivity contribution < 1.29 is 19.8 Å². The highest BCUT2D eigenvalue weighted by Gasteiger charge is 2.35. The lowest BCUT2D eigenvalue weighted by atomic mass is 10.0. The van der Waals surface area contributed by atoms with E-state index in [1.807, 2.05) is 6.92 Å². The molecule has 0 aromatic carbocycles. The largest absolute Gasteiger partial charge is 0.481 e. The highest BCUT2D eigenvalue weighted by Crippen LogP contribution is 2.32. The maximum Gasteiger partial charge on any atom is 0.306 e. The number of likely N-dealkylation sites (N-methyl/N-ethyl adjacent to an activating group) is 1. The molecule has 1 aliphatic carbocycles. The first-order valence-corrected chi connectivity index (χ1v) is 5.72. The van der Waals surface area contributed by atoms with Gasteiger partial charge >= 0.3 is 5.97 Å². The van der Waals surface area contributed by atoms with Crippen LogP contribution in [0.5, 0.6) is 0 Å². The second-order valence-electron chi connectivity index (χ2n) is 4.19. The zero-order valence-corrected chi connectivity index (χ0v) is 9.56. The quantitative estimate of drug-likeness (QED) is 0.712. The summed E-state index contributed by atoms with van der Waals surface area (Å²) >= 11 is 0. The summed E-state index contributed by atoms with van der Waals surface area (Å²) in [4.78, 5) is 24.3. The minimum atomic E-state index is -0.805. The fraction of sp³-hybridized carbons (Fsp3) is 0.818. The van der Waals surface area contributed by atoms with Crippen molar-refractivity contribution in [2.75, 3.05) is 19.7 Å². The Kier molecular flexibility index (Phi) is 4.73. The molecular formula is C11H19NO4. The Balaban J connectivity index is 2.52. The number of carboxylic acids is 1. The number of carboxylic acid groups (broad SMARTS) is 1. The van der Waals surface area contributed by atoms with Gasteiger partial charge in [0.2, 0.25) is 5.91 Å². The molecule has 5 nitrogen and oxygen atoms in total. The predicted molar refractivity (Wildman–Crippen MR) is 57.8 cm³/mol. The molecule has 1 aliphatic rings. The van der Waals surface area contributed by atoms with Crippen LogP contribution in [-0.4, -0.2) is 46.7 Å². The van der Waals surface area contributed by atoms with E-state index in [4.69, 9.17) is 10.2 Å². The van der Waals surface area contributed by atoms with Gasteiger partial charge in [0.15, 0.2) is 0 Å². The number of rotatable bonds is 5. The van der Waals surface area contributed by atoms with Crippen molar-refractivity contribution in [1.82, 2.24) is 4.90 Å². The molecule has 0 saturated heterocycles. The van der Waals surface area contributed by atoms with Gasteiger partial charge in [-0.25, -0.2) is 0 Å². The molecule has 1 fully saturated rings. The summed E-state index contributed by atoms with van der Waals surface area (Å²) < 4.78 is 0. The summed E-state index contributed by atoms with van der Waals surface area (Å²) in [5.74, 6) is -1.37. The first kappa shape index (κ1) is 13.0. The summed E-state index contributed by atoms with van der Waals surface area (Å²) in [6.45, 7) is 2.71. The van der Waals surface area contributed by atoms with Crippen molar-refractivity contribution in [2.45, 2.75) is 26.2 Å². The summed E-state index contributed by atoms with van der Waals surface area (Å²) in [5.41, 5.74) is 0. The summed E-state index contributed by atoms with van der Waals surface area (Å²) in [5, 5.41) is 17.7. The van der Waals surface area contributed by atoms with Gasteiger partial charge in [-0.2, -0.15) is 0 Å². The first-order chi connectivity index (χ1) is 7.60. The van der Waals surface area contributed by atoms with Gasteiger partial charge in [-0.1, -0.05) is 0 Å². The summed E-state index contributed by atoms with van der Waals surface area (Å²) in [6, 6.07) is 0. The molecule has 2 atom stereocenters. The molecule has 0 heterocycles. The number of aliphatic hydroxyl groups is 1. The highest BCUT2D eigenvalue weighted by molar-refractivity contribution is 5.81. The number of carbonyl (C=O) groups is 2. The van der Waals surface area contributed by atoms with Crippen LogP contribution in [-0.2, 0) is 9.59 Å². The minimum absolute atomic E-state index is 0.0136. The molecule has 1 saturated carbocycles. The Labute approximate surface area is 95.1 Å². The van der Waals surface area contributed by atoms with Gasteiger partial charge in [0, 0.05) is 19.0 Å². The van der Waals surface area contributed by atoms with E-state index in [1.165, 1.54) is 0 Å². The van der Waals surface area contributed by atoms with Crippen LogP contribution in [0.4, 0.5) is 0 Å². The fourth-order valence-corrected chi connectivity index (χ4v) is 2.23. The number of hydrogen-bond donors (Lipinski definition) is 2. The van der Waals surface area contributed by atoms with E-state index < -0.39 is 5.97 Å². The Bertz CT molecular complexity index is 267. The molecule has 0 bridgehead atoms. The van der Waals surface area contributed by atoms with Gasteiger partial charge in [0.05, 0.1) is 12.5 Å².